The molecular weight excluding hydrogens is 376 g/mol. The SMILES string of the molecule is CCOc1ccccc1-c1cc(-c2ccc(C(=O)O)cc2)nn1Cc1ccccc1. The molecule has 0 saturated carbocycles. The lowest BCUT2D eigenvalue weighted by Gasteiger charge is -2.12. The van der Waals surface area contributed by atoms with Crippen LogP contribution in [-0.4, -0.2) is 27.5 Å². The molecule has 0 spiro atoms. The number of nitrogens with zero attached hydrogens (tertiary/aromatic N) is 2. The van der Waals surface area contributed by atoms with Crippen molar-refractivity contribution in [2.24, 2.45) is 0 Å². The first-order chi connectivity index (χ1) is 14.7. The number of carboxylic acid groups (broad SMARTS) is 1. The topological polar surface area (TPSA) is 64.3 Å². The van der Waals surface area contributed by atoms with Gasteiger partial charge in [0.25, 0.3) is 0 Å². The van der Waals surface area contributed by atoms with Crippen LogP contribution in [0, 0.1) is 0 Å². The van der Waals surface area contributed by atoms with Crippen molar-refractivity contribution in [1.82, 2.24) is 9.78 Å². The number of para-hydroxylation sites is 1. The van der Waals surface area contributed by atoms with Gasteiger partial charge in [0.15, 0.2) is 0 Å². The van der Waals surface area contributed by atoms with Crippen LogP contribution >= 0.6 is 0 Å². The first-order valence-electron chi connectivity index (χ1n) is 9.83. The zero-order chi connectivity index (χ0) is 20.9. The summed E-state index contributed by atoms with van der Waals surface area (Å²) in [5.74, 6) is -0.135. The van der Waals surface area contributed by atoms with Crippen molar-refractivity contribution < 1.29 is 14.6 Å². The molecule has 0 atom stereocenters. The highest BCUT2D eigenvalue weighted by molar-refractivity contribution is 5.88. The van der Waals surface area contributed by atoms with Crippen LogP contribution < -0.4 is 4.74 Å². The molecule has 5 heteroatoms. The van der Waals surface area contributed by atoms with E-state index < -0.39 is 5.97 Å². The van der Waals surface area contributed by atoms with Crippen LogP contribution in [0.1, 0.15) is 22.8 Å². The van der Waals surface area contributed by atoms with Gasteiger partial charge in [0.2, 0.25) is 0 Å². The molecule has 0 saturated heterocycles. The van der Waals surface area contributed by atoms with Crippen molar-refractivity contribution in [2.45, 2.75) is 13.5 Å². The summed E-state index contributed by atoms with van der Waals surface area (Å²) in [4.78, 5) is 11.2. The lowest BCUT2D eigenvalue weighted by Crippen LogP contribution is -2.05. The maximum Gasteiger partial charge on any atom is 0.335 e. The van der Waals surface area contributed by atoms with Crippen LogP contribution in [0.3, 0.4) is 0 Å². The van der Waals surface area contributed by atoms with Crippen LogP contribution in [0.25, 0.3) is 22.5 Å². The number of hydrogen-bond donors (Lipinski definition) is 1. The number of carbonyl (C=O) groups is 1. The summed E-state index contributed by atoms with van der Waals surface area (Å²) in [6.07, 6.45) is 0. The second-order valence-corrected chi connectivity index (χ2v) is 6.87. The van der Waals surface area contributed by atoms with E-state index in [0.29, 0.717) is 13.2 Å². The number of rotatable bonds is 7. The Morgan fingerprint density at radius 2 is 1.67 bits per heavy atom. The van der Waals surface area contributed by atoms with Gasteiger partial charge in [0.05, 0.1) is 30.1 Å². The van der Waals surface area contributed by atoms with E-state index in [1.54, 1.807) is 24.3 Å². The molecule has 1 heterocycles. The van der Waals surface area contributed by atoms with Gasteiger partial charge in [-0.2, -0.15) is 5.10 Å². The second-order valence-electron chi connectivity index (χ2n) is 6.87. The van der Waals surface area contributed by atoms with E-state index in [0.717, 1.165) is 33.8 Å². The van der Waals surface area contributed by atoms with Crippen LogP contribution in [0.15, 0.2) is 84.9 Å². The Balaban J connectivity index is 1.80. The summed E-state index contributed by atoms with van der Waals surface area (Å²) in [6, 6.07) is 26.9. The Kier molecular flexibility index (Phi) is 5.61. The van der Waals surface area contributed by atoms with E-state index >= 15 is 0 Å². The van der Waals surface area contributed by atoms with Gasteiger partial charge in [0.1, 0.15) is 5.75 Å². The van der Waals surface area contributed by atoms with E-state index in [-0.39, 0.29) is 5.56 Å². The molecule has 4 aromatic rings. The predicted octanol–water partition coefficient (Wildman–Crippen LogP) is 5.36. The Bertz CT molecular complexity index is 1150. The number of aromatic carboxylic acids is 1. The molecule has 1 aromatic heterocycles. The van der Waals surface area contributed by atoms with E-state index in [9.17, 15) is 4.79 Å². The number of ether oxygens (including phenoxy) is 1. The minimum atomic E-state index is -0.942. The largest absolute Gasteiger partial charge is 0.493 e. The third kappa shape index (κ3) is 4.10. The summed E-state index contributed by atoms with van der Waals surface area (Å²) >= 11 is 0. The zero-order valence-corrected chi connectivity index (χ0v) is 16.7. The Morgan fingerprint density at radius 1 is 0.967 bits per heavy atom. The molecule has 30 heavy (non-hydrogen) atoms. The van der Waals surface area contributed by atoms with Gasteiger partial charge in [-0.05, 0) is 42.8 Å². The van der Waals surface area contributed by atoms with Crippen LogP contribution in [0.4, 0.5) is 0 Å². The van der Waals surface area contributed by atoms with Crippen molar-refractivity contribution in [3.63, 3.8) is 0 Å². The van der Waals surface area contributed by atoms with E-state index in [1.807, 2.05) is 60.1 Å². The summed E-state index contributed by atoms with van der Waals surface area (Å²) in [5.41, 5.74) is 4.95. The molecule has 1 N–H and O–H groups in total. The minimum Gasteiger partial charge on any atom is -0.493 e. The van der Waals surface area contributed by atoms with Crippen molar-refractivity contribution in [2.75, 3.05) is 6.61 Å². The maximum atomic E-state index is 11.2. The number of carboxylic acids is 1. The quantitative estimate of drug-likeness (QED) is 0.455. The van der Waals surface area contributed by atoms with Crippen molar-refractivity contribution >= 4 is 5.97 Å². The predicted molar refractivity (Wildman–Crippen MR) is 117 cm³/mol. The van der Waals surface area contributed by atoms with Gasteiger partial charge < -0.3 is 9.84 Å². The Hall–Kier alpha value is -3.86. The third-order valence-electron chi connectivity index (χ3n) is 4.85. The lowest BCUT2D eigenvalue weighted by molar-refractivity contribution is 0.0697. The smallest absolute Gasteiger partial charge is 0.335 e. The van der Waals surface area contributed by atoms with Crippen LogP contribution in [0.2, 0.25) is 0 Å². The zero-order valence-electron chi connectivity index (χ0n) is 16.7. The highest BCUT2D eigenvalue weighted by Crippen LogP contribution is 2.33. The normalized spacial score (nSPS) is 10.7. The van der Waals surface area contributed by atoms with Crippen molar-refractivity contribution in [3.05, 3.63) is 96.1 Å². The molecule has 5 nitrogen and oxygen atoms in total. The van der Waals surface area contributed by atoms with E-state index in [2.05, 4.69) is 12.1 Å². The molecule has 3 aromatic carbocycles. The molecule has 4 rings (SSSR count). The van der Waals surface area contributed by atoms with Gasteiger partial charge >= 0.3 is 5.97 Å². The van der Waals surface area contributed by atoms with Crippen LogP contribution in [0.5, 0.6) is 5.75 Å². The number of hydrogen-bond acceptors (Lipinski definition) is 3. The highest BCUT2D eigenvalue weighted by Gasteiger charge is 2.16. The summed E-state index contributed by atoms with van der Waals surface area (Å²) in [5, 5.41) is 14.0. The minimum absolute atomic E-state index is 0.254. The van der Waals surface area contributed by atoms with Crippen molar-refractivity contribution in [1.29, 1.82) is 0 Å². The average molecular weight is 398 g/mol. The molecule has 0 bridgehead atoms. The van der Waals surface area contributed by atoms with Gasteiger partial charge in [-0.15, -0.1) is 0 Å². The summed E-state index contributed by atoms with van der Waals surface area (Å²) in [7, 11) is 0. The monoisotopic (exact) mass is 398 g/mol. The fourth-order valence-electron chi connectivity index (χ4n) is 3.39. The molecule has 150 valence electrons. The van der Waals surface area contributed by atoms with Crippen LogP contribution in [-0.2, 0) is 6.54 Å². The van der Waals surface area contributed by atoms with Crippen molar-refractivity contribution in [3.8, 4) is 28.3 Å². The molecule has 0 unspecified atom stereocenters. The Morgan fingerprint density at radius 3 is 2.37 bits per heavy atom. The highest BCUT2D eigenvalue weighted by atomic mass is 16.5. The fourth-order valence-corrected chi connectivity index (χ4v) is 3.39. The standard InChI is InChI=1S/C25H22N2O3/c1-2-30-24-11-7-6-10-21(24)23-16-22(19-12-14-20(15-13-19)25(28)29)26-27(23)17-18-8-4-3-5-9-18/h3-16H,2,17H2,1H3,(H,28,29). The maximum absolute atomic E-state index is 11.2. The number of benzene rings is 3. The second kappa shape index (κ2) is 8.66. The Labute approximate surface area is 175 Å². The van der Waals surface area contributed by atoms with Gasteiger partial charge in [-0.3, -0.25) is 4.68 Å². The average Bonchev–Trinajstić information content (AvgIpc) is 3.18. The molecule has 0 aliphatic rings. The summed E-state index contributed by atoms with van der Waals surface area (Å²) in [6.45, 7) is 3.16. The number of aromatic nitrogens is 2. The van der Waals surface area contributed by atoms with Gasteiger partial charge in [-0.25, -0.2) is 4.79 Å². The first-order valence-corrected chi connectivity index (χ1v) is 9.83. The molecular formula is C25H22N2O3. The van der Waals surface area contributed by atoms with E-state index in [4.69, 9.17) is 14.9 Å². The van der Waals surface area contributed by atoms with E-state index in [1.165, 1.54) is 0 Å². The molecule has 0 fully saturated rings. The first kappa shape index (κ1) is 19.5. The van der Waals surface area contributed by atoms with Gasteiger partial charge in [0, 0.05) is 11.1 Å². The lowest BCUT2D eigenvalue weighted by atomic mass is 10.1. The van der Waals surface area contributed by atoms with Gasteiger partial charge in [-0.1, -0.05) is 54.6 Å². The fraction of sp³-hybridized carbons (Fsp3) is 0.120. The molecule has 0 amide bonds. The summed E-state index contributed by atoms with van der Waals surface area (Å²) < 4.78 is 7.81. The molecule has 0 radical (unpaired) electrons. The third-order valence-corrected chi connectivity index (χ3v) is 4.85. The molecule has 0 aliphatic heterocycles. The molecule has 0 aliphatic carbocycles.